The van der Waals surface area contributed by atoms with E-state index in [0.29, 0.717) is 17.9 Å². The van der Waals surface area contributed by atoms with Crippen molar-refractivity contribution in [3.05, 3.63) is 0 Å². The first-order valence-corrected chi connectivity index (χ1v) is 6.21. The van der Waals surface area contributed by atoms with Gasteiger partial charge in [0.05, 0.1) is 0 Å². The van der Waals surface area contributed by atoms with Crippen molar-refractivity contribution in [3.8, 4) is 0 Å². The predicted molar refractivity (Wildman–Crippen MR) is 63.4 cm³/mol. The van der Waals surface area contributed by atoms with Gasteiger partial charge < -0.3 is 10.6 Å². The first kappa shape index (κ1) is 11.6. The molecule has 3 N–H and O–H groups in total. The monoisotopic (exact) mass is 223 g/mol. The fourth-order valence-electron chi connectivity index (χ4n) is 2.65. The molecule has 16 heavy (non-hydrogen) atoms. The van der Waals surface area contributed by atoms with E-state index >= 15 is 0 Å². The Hall–Kier alpha value is -0.900. The molecule has 2 bridgehead atoms. The van der Waals surface area contributed by atoms with Crippen LogP contribution in [0, 0.1) is 17.2 Å². The number of rotatable bonds is 2. The van der Waals surface area contributed by atoms with E-state index in [2.05, 4.69) is 10.6 Å². The third-order valence-electron chi connectivity index (χ3n) is 3.68. The normalized spacial score (nSPS) is 32.8. The topological polar surface area (TPSA) is 65.0 Å². The molecule has 0 spiro atoms. The summed E-state index contributed by atoms with van der Waals surface area (Å²) < 4.78 is 0. The molecule has 4 nitrogen and oxygen atoms in total. The minimum atomic E-state index is 0.0529. The third kappa shape index (κ3) is 2.43. The highest BCUT2D eigenvalue weighted by molar-refractivity contribution is 5.98. The lowest BCUT2D eigenvalue weighted by atomic mass is 9.91. The largest absolute Gasteiger partial charge is 0.314 e. The smallest absolute Gasteiger partial charge is 0.228 e. The standard InChI is InChI=1S/C12H21N3O/c1-7(2)11(13)15-12(16)8-5-9-3-4-10(6-8)14-9/h7-10,14H,3-6H2,1-2H3,(H2,13,15,16). The van der Waals surface area contributed by atoms with Gasteiger partial charge in [-0.05, 0) is 25.7 Å². The van der Waals surface area contributed by atoms with E-state index < -0.39 is 0 Å². The van der Waals surface area contributed by atoms with Crippen molar-refractivity contribution in [2.45, 2.75) is 51.6 Å². The number of hydrogen-bond donors (Lipinski definition) is 3. The lowest BCUT2D eigenvalue weighted by Crippen LogP contribution is -2.45. The van der Waals surface area contributed by atoms with Gasteiger partial charge >= 0.3 is 0 Å². The highest BCUT2D eigenvalue weighted by atomic mass is 16.1. The summed E-state index contributed by atoms with van der Waals surface area (Å²) in [6.45, 7) is 3.85. The summed E-state index contributed by atoms with van der Waals surface area (Å²) in [5.41, 5.74) is 0. The van der Waals surface area contributed by atoms with Crippen LogP contribution in [0.1, 0.15) is 39.5 Å². The van der Waals surface area contributed by atoms with Crippen LogP contribution in [0.2, 0.25) is 0 Å². The average Bonchev–Trinajstić information content (AvgIpc) is 2.57. The van der Waals surface area contributed by atoms with Gasteiger partial charge in [0.2, 0.25) is 5.91 Å². The van der Waals surface area contributed by atoms with E-state index in [9.17, 15) is 4.79 Å². The van der Waals surface area contributed by atoms with Gasteiger partial charge in [0.15, 0.2) is 0 Å². The molecule has 90 valence electrons. The van der Waals surface area contributed by atoms with Crippen molar-refractivity contribution in [1.29, 1.82) is 5.41 Å². The number of amidine groups is 1. The summed E-state index contributed by atoms with van der Waals surface area (Å²) in [5.74, 6) is 0.605. The molecule has 0 aliphatic carbocycles. The lowest BCUT2D eigenvalue weighted by Gasteiger charge is -2.28. The number of fused-ring (bicyclic) bond motifs is 2. The van der Waals surface area contributed by atoms with Crippen LogP contribution in [-0.4, -0.2) is 23.8 Å². The predicted octanol–water partition coefficient (Wildman–Crippen LogP) is 1.27. The molecule has 0 aromatic carbocycles. The van der Waals surface area contributed by atoms with Crippen LogP contribution in [0.25, 0.3) is 0 Å². The fourth-order valence-corrected chi connectivity index (χ4v) is 2.65. The summed E-state index contributed by atoms with van der Waals surface area (Å²) >= 11 is 0. The number of nitrogens with one attached hydrogen (secondary N) is 3. The number of carbonyl (C=O) groups is 1. The van der Waals surface area contributed by atoms with Gasteiger partial charge in [-0.2, -0.15) is 0 Å². The van der Waals surface area contributed by atoms with Gasteiger partial charge in [-0.3, -0.25) is 10.2 Å². The second-order valence-electron chi connectivity index (χ2n) is 5.36. The van der Waals surface area contributed by atoms with Gasteiger partial charge in [0.25, 0.3) is 0 Å². The second kappa shape index (κ2) is 4.53. The van der Waals surface area contributed by atoms with Gasteiger partial charge in [-0.25, -0.2) is 0 Å². The molecule has 2 rings (SSSR count). The summed E-state index contributed by atoms with van der Waals surface area (Å²) in [6.07, 6.45) is 4.29. The fraction of sp³-hybridized carbons (Fsp3) is 0.833. The van der Waals surface area contributed by atoms with Crippen molar-refractivity contribution in [2.24, 2.45) is 11.8 Å². The molecule has 0 saturated carbocycles. The Morgan fingerprint density at radius 3 is 2.38 bits per heavy atom. The van der Waals surface area contributed by atoms with E-state index in [4.69, 9.17) is 5.41 Å². The van der Waals surface area contributed by atoms with Crippen molar-refractivity contribution in [1.82, 2.24) is 10.6 Å². The van der Waals surface area contributed by atoms with Crippen LogP contribution in [0.4, 0.5) is 0 Å². The maximum atomic E-state index is 12.0. The van der Waals surface area contributed by atoms with Crippen LogP contribution in [-0.2, 0) is 4.79 Å². The number of piperidine rings is 1. The molecular weight excluding hydrogens is 202 g/mol. The third-order valence-corrected chi connectivity index (χ3v) is 3.68. The molecular formula is C12H21N3O. The Labute approximate surface area is 96.7 Å². The van der Waals surface area contributed by atoms with Crippen molar-refractivity contribution >= 4 is 11.7 Å². The Bertz CT molecular complexity index is 289. The Balaban J connectivity index is 1.88. The molecule has 1 amide bonds. The quantitative estimate of drug-likeness (QED) is 0.487. The molecule has 2 atom stereocenters. The first-order chi connectivity index (χ1) is 7.56. The molecule has 2 unspecified atom stereocenters. The zero-order chi connectivity index (χ0) is 11.7. The molecule has 0 aromatic heterocycles. The summed E-state index contributed by atoms with van der Waals surface area (Å²) in [6, 6.07) is 1.06. The Kier molecular flexibility index (Phi) is 3.28. The SMILES string of the molecule is CC(C)C(=N)NC(=O)C1CC2CCC(C1)N2. The van der Waals surface area contributed by atoms with Crippen LogP contribution >= 0.6 is 0 Å². The van der Waals surface area contributed by atoms with E-state index in [0.717, 1.165) is 12.8 Å². The van der Waals surface area contributed by atoms with Gasteiger partial charge in [0, 0.05) is 23.9 Å². The molecule has 2 heterocycles. The lowest BCUT2D eigenvalue weighted by molar-refractivity contribution is -0.124. The maximum absolute atomic E-state index is 12.0. The van der Waals surface area contributed by atoms with E-state index in [1.54, 1.807) is 0 Å². The van der Waals surface area contributed by atoms with E-state index in [1.165, 1.54) is 12.8 Å². The van der Waals surface area contributed by atoms with Gasteiger partial charge in [-0.15, -0.1) is 0 Å². The van der Waals surface area contributed by atoms with Crippen LogP contribution in [0.3, 0.4) is 0 Å². The van der Waals surface area contributed by atoms with E-state index in [-0.39, 0.29) is 17.7 Å². The molecule has 2 aliphatic heterocycles. The van der Waals surface area contributed by atoms with Gasteiger partial charge in [-0.1, -0.05) is 13.8 Å². The average molecular weight is 223 g/mol. The summed E-state index contributed by atoms with van der Waals surface area (Å²) in [4.78, 5) is 12.0. The molecule has 2 aliphatic rings. The minimum absolute atomic E-state index is 0.0529. The van der Waals surface area contributed by atoms with Crippen molar-refractivity contribution in [3.63, 3.8) is 0 Å². The summed E-state index contributed by atoms with van der Waals surface area (Å²) in [7, 11) is 0. The molecule has 4 heteroatoms. The summed E-state index contributed by atoms with van der Waals surface area (Å²) in [5, 5.41) is 13.9. The molecule has 2 saturated heterocycles. The highest BCUT2D eigenvalue weighted by Crippen LogP contribution is 2.30. The molecule has 2 fully saturated rings. The number of carbonyl (C=O) groups excluding carboxylic acids is 1. The minimum Gasteiger partial charge on any atom is -0.314 e. The zero-order valence-corrected chi connectivity index (χ0v) is 10.0. The highest BCUT2D eigenvalue weighted by Gasteiger charge is 2.36. The molecule has 0 radical (unpaired) electrons. The van der Waals surface area contributed by atoms with E-state index in [1.807, 2.05) is 13.8 Å². The van der Waals surface area contributed by atoms with Crippen LogP contribution in [0.15, 0.2) is 0 Å². The van der Waals surface area contributed by atoms with Crippen molar-refractivity contribution in [2.75, 3.05) is 0 Å². The Morgan fingerprint density at radius 2 is 1.88 bits per heavy atom. The van der Waals surface area contributed by atoms with Gasteiger partial charge in [0.1, 0.15) is 5.84 Å². The number of amides is 1. The van der Waals surface area contributed by atoms with Crippen molar-refractivity contribution < 1.29 is 4.79 Å². The maximum Gasteiger partial charge on any atom is 0.228 e. The Morgan fingerprint density at radius 1 is 1.31 bits per heavy atom. The molecule has 0 aromatic rings. The van der Waals surface area contributed by atoms with Crippen LogP contribution in [0.5, 0.6) is 0 Å². The number of hydrogen-bond acceptors (Lipinski definition) is 3. The van der Waals surface area contributed by atoms with Crippen LogP contribution < -0.4 is 10.6 Å². The zero-order valence-electron chi connectivity index (χ0n) is 10.0. The second-order valence-corrected chi connectivity index (χ2v) is 5.36. The first-order valence-electron chi connectivity index (χ1n) is 6.21.